The van der Waals surface area contributed by atoms with Gasteiger partial charge in [-0.1, -0.05) is 12.6 Å². The molecule has 0 amide bonds. The Morgan fingerprint density at radius 2 is 2.00 bits per heavy atom. The van der Waals surface area contributed by atoms with Crippen molar-refractivity contribution in [3.05, 3.63) is 0 Å². The molecule has 1 radical (unpaired) electrons. The van der Waals surface area contributed by atoms with Crippen molar-refractivity contribution >= 4 is 29.2 Å². The third-order valence-electron chi connectivity index (χ3n) is 0.175. The van der Waals surface area contributed by atoms with Gasteiger partial charge in [-0.25, -0.2) is 0 Å². The van der Waals surface area contributed by atoms with Gasteiger partial charge in [-0.15, -0.1) is 0 Å². The second-order valence-corrected chi connectivity index (χ2v) is 1.55. The Morgan fingerprint density at radius 1 is 1.83 bits per heavy atom. The molecule has 0 aliphatic carbocycles. The van der Waals surface area contributed by atoms with Crippen LogP contribution in [0.1, 0.15) is 0 Å². The summed E-state index contributed by atoms with van der Waals surface area (Å²) in [5.41, 5.74) is 0. The SMILES string of the molecule is COC(=S)S.[Mn]. The fraction of sp³-hybridized carbons (Fsp3) is 0.500. The quantitative estimate of drug-likeness (QED) is 0.322. The molecule has 0 bridgehead atoms. The van der Waals surface area contributed by atoms with E-state index in [0.29, 0.717) is 0 Å². The van der Waals surface area contributed by atoms with Crippen LogP contribution in [0.5, 0.6) is 0 Å². The summed E-state index contributed by atoms with van der Waals surface area (Å²) in [5.74, 6) is 0. The molecule has 0 spiro atoms. The van der Waals surface area contributed by atoms with E-state index in [1.807, 2.05) is 0 Å². The van der Waals surface area contributed by atoms with Crippen LogP contribution in [0.2, 0.25) is 0 Å². The fourth-order valence-electron chi connectivity index (χ4n) is 0. The van der Waals surface area contributed by atoms with Crippen LogP contribution >= 0.6 is 24.8 Å². The molecule has 0 aromatic carbocycles. The Morgan fingerprint density at radius 3 is 2.00 bits per heavy atom. The van der Waals surface area contributed by atoms with E-state index in [9.17, 15) is 0 Å². The van der Waals surface area contributed by atoms with E-state index < -0.39 is 0 Å². The zero-order valence-corrected chi connectivity index (χ0v) is 6.03. The molecule has 37 valence electrons. The maximum atomic E-state index is 4.35. The average molecular weight is 163 g/mol. The number of methoxy groups -OCH3 is 1. The maximum Gasteiger partial charge on any atom is 0.216 e. The molecule has 0 aromatic rings. The monoisotopic (exact) mass is 163 g/mol. The number of thiocarbonyl (C=S) groups is 1. The summed E-state index contributed by atoms with van der Waals surface area (Å²) < 4.78 is 4.63. The Bertz CT molecular complexity index is 46.8. The summed E-state index contributed by atoms with van der Waals surface area (Å²) in [4.78, 5) is 0. The molecule has 0 aromatic heterocycles. The molecule has 0 fully saturated rings. The second-order valence-electron chi connectivity index (χ2n) is 0.470. The van der Waals surface area contributed by atoms with Crippen LogP contribution in [0.3, 0.4) is 0 Å². The van der Waals surface area contributed by atoms with Crippen LogP contribution in [0.4, 0.5) is 0 Å². The van der Waals surface area contributed by atoms with E-state index in [-0.39, 0.29) is 21.5 Å². The first kappa shape index (κ1) is 9.90. The molecule has 0 saturated carbocycles. The standard InChI is InChI=1S/C2H4OS2.Mn/c1-3-2(4)5;/h1H3,(H,4,5);. The van der Waals surface area contributed by atoms with Gasteiger partial charge in [0.15, 0.2) is 0 Å². The van der Waals surface area contributed by atoms with E-state index in [2.05, 4.69) is 29.6 Å². The van der Waals surface area contributed by atoms with Gasteiger partial charge in [0, 0.05) is 17.1 Å². The Kier molecular flexibility index (Phi) is 9.50. The van der Waals surface area contributed by atoms with Crippen LogP contribution in [0.15, 0.2) is 0 Å². The first-order chi connectivity index (χ1) is 2.27. The molecule has 0 heterocycles. The molecule has 0 unspecified atom stereocenters. The van der Waals surface area contributed by atoms with Crippen LogP contribution < -0.4 is 0 Å². The van der Waals surface area contributed by atoms with Crippen LogP contribution in [0.25, 0.3) is 0 Å². The van der Waals surface area contributed by atoms with Gasteiger partial charge in [-0.2, -0.15) is 0 Å². The molecule has 4 heteroatoms. The van der Waals surface area contributed by atoms with Gasteiger partial charge in [-0.3, -0.25) is 0 Å². The predicted molar refractivity (Wildman–Crippen MR) is 28.6 cm³/mol. The molecule has 0 aliphatic rings. The molecule has 1 nitrogen and oxygen atoms in total. The van der Waals surface area contributed by atoms with Crippen molar-refractivity contribution in [3.8, 4) is 0 Å². The molecule has 0 N–H and O–H groups in total. The third kappa shape index (κ3) is 8.83. The van der Waals surface area contributed by atoms with Gasteiger partial charge in [0.05, 0.1) is 7.11 Å². The summed E-state index contributed by atoms with van der Waals surface area (Å²) >= 11 is 7.95. The minimum absolute atomic E-state index is 0. The number of rotatable bonds is 0. The van der Waals surface area contributed by atoms with Crippen molar-refractivity contribution in [2.75, 3.05) is 7.11 Å². The van der Waals surface area contributed by atoms with Crippen LogP contribution in [0, 0.1) is 0 Å². The van der Waals surface area contributed by atoms with Crippen molar-refractivity contribution in [1.82, 2.24) is 0 Å². The molecular weight excluding hydrogens is 159 g/mol. The first-order valence-corrected chi connectivity index (χ1v) is 1.90. The van der Waals surface area contributed by atoms with Crippen molar-refractivity contribution in [2.24, 2.45) is 0 Å². The largest absolute Gasteiger partial charge is 0.482 e. The van der Waals surface area contributed by atoms with E-state index in [1.54, 1.807) is 0 Å². The van der Waals surface area contributed by atoms with Gasteiger partial charge in [0.25, 0.3) is 0 Å². The van der Waals surface area contributed by atoms with E-state index in [1.165, 1.54) is 7.11 Å². The number of thiol groups is 1. The summed E-state index contributed by atoms with van der Waals surface area (Å²) in [5, 5.41) is 0. The van der Waals surface area contributed by atoms with Crippen molar-refractivity contribution < 1.29 is 21.8 Å². The number of ether oxygens (including phenoxy) is 1. The van der Waals surface area contributed by atoms with Gasteiger partial charge < -0.3 is 4.74 Å². The molecule has 6 heavy (non-hydrogen) atoms. The van der Waals surface area contributed by atoms with Gasteiger partial charge in [0.2, 0.25) is 4.38 Å². The first-order valence-electron chi connectivity index (χ1n) is 1.04. The average Bonchev–Trinajstić information content (AvgIpc) is 1.38. The number of hydrogen-bond acceptors (Lipinski definition) is 2. The van der Waals surface area contributed by atoms with E-state index >= 15 is 0 Å². The second kappa shape index (κ2) is 5.76. The van der Waals surface area contributed by atoms with Crippen molar-refractivity contribution in [2.45, 2.75) is 0 Å². The minimum atomic E-state index is 0. The summed E-state index contributed by atoms with van der Waals surface area (Å²) in [6.07, 6.45) is 0. The van der Waals surface area contributed by atoms with Crippen LogP contribution in [-0.4, -0.2) is 11.5 Å². The Balaban J connectivity index is 0. The van der Waals surface area contributed by atoms with Gasteiger partial charge >= 0.3 is 0 Å². The van der Waals surface area contributed by atoms with Crippen LogP contribution in [-0.2, 0) is 21.8 Å². The maximum absolute atomic E-state index is 4.35. The Labute approximate surface area is 58.3 Å². The number of hydrogen-bond donors (Lipinski definition) is 1. The summed E-state index contributed by atoms with van der Waals surface area (Å²) in [6.45, 7) is 0. The molecule has 0 atom stereocenters. The van der Waals surface area contributed by atoms with Gasteiger partial charge in [0.1, 0.15) is 0 Å². The molecule has 0 saturated heterocycles. The predicted octanol–water partition coefficient (Wildman–Crippen LogP) is 0.845. The van der Waals surface area contributed by atoms with Crippen molar-refractivity contribution in [1.29, 1.82) is 0 Å². The summed E-state index contributed by atoms with van der Waals surface area (Å²) in [6, 6.07) is 0. The summed E-state index contributed by atoms with van der Waals surface area (Å²) in [7, 11) is 1.48. The third-order valence-corrected chi connectivity index (χ3v) is 0.524. The van der Waals surface area contributed by atoms with E-state index in [0.717, 1.165) is 0 Å². The minimum Gasteiger partial charge on any atom is -0.482 e. The zero-order chi connectivity index (χ0) is 4.28. The topological polar surface area (TPSA) is 9.23 Å². The fourth-order valence-corrected chi connectivity index (χ4v) is 0. The van der Waals surface area contributed by atoms with Gasteiger partial charge in [-0.05, 0) is 12.2 Å². The molecule has 0 rings (SSSR count). The Hall–Kier alpha value is 0.759. The van der Waals surface area contributed by atoms with E-state index in [4.69, 9.17) is 0 Å². The zero-order valence-electron chi connectivity index (χ0n) is 3.14. The van der Waals surface area contributed by atoms with Crippen molar-refractivity contribution in [3.63, 3.8) is 0 Å². The molecule has 0 aliphatic heterocycles. The normalized spacial score (nSPS) is 5.67. The molecular formula is C2H4MnOS2. The smallest absolute Gasteiger partial charge is 0.216 e.